The fourth-order valence-corrected chi connectivity index (χ4v) is 2.24. The normalized spacial score (nSPS) is 11.7. The van der Waals surface area contributed by atoms with E-state index in [4.69, 9.17) is 4.74 Å². The number of benzene rings is 1. The first-order chi connectivity index (χ1) is 13.8. The van der Waals surface area contributed by atoms with Crippen LogP contribution in [-0.2, 0) is 20.7 Å². The third-order valence-corrected chi connectivity index (χ3v) is 3.61. The van der Waals surface area contributed by atoms with E-state index in [1.54, 1.807) is 13.8 Å². The van der Waals surface area contributed by atoms with E-state index in [1.165, 1.54) is 11.0 Å². The minimum absolute atomic E-state index is 0.0433. The van der Waals surface area contributed by atoms with E-state index in [-0.39, 0.29) is 11.3 Å². The number of hydrogen-bond donors (Lipinski definition) is 0. The molecule has 6 nitrogen and oxygen atoms in total. The molecular weight excluding hydrogens is 424 g/mol. The molecule has 0 saturated carbocycles. The Labute approximate surface area is 168 Å². The average Bonchev–Trinajstić information content (AvgIpc) is 2.63. The monoisotopic (exact) mass is 445 g/mol. The lowest BCUT2D eigenvalue weighted by Crippen LogP contribution is -2.34. The van der Waals surface area contributed by atoms with Gasteiger partial charge in [-0.15, -0.1) is 0 Å². The van der Waals surface area contributed by atoms with E-state index in [2.05, 4.69) is 9.47 Å². The van der Waals surface area contributed by atoms with E-state index in [1.807, 2.05) is 0 Å². The van der Waals surface area contributed by atoms with Crippen molar-refractivity contribution < 1.29 is 50.1 Å². The van der Waals surface area contributed by atoms with Crippen molar-refractivity contribution in [3.63, 3.8) is 0 Å². The number of carbonyl (C=O) groups excluding carboxylic acids is 2. The molecule has 0 spiro atoms. The van der Waals surface area contributed by atoms with Crippen molar-refractivity contribution in [1.82, 2.24) is 4.90 Å². The molecule has 1 amide bonds. The summed E-state index contributed by atoms with van der Waals surface area (Å²) in [6.45, 7) is 0.395. The molecule has 12 heteroatoms. The van der Waals surface area contributed by atoms with Gasteiger partial charge in [-0.25, -0.2) is 0 Å². The molecule has 0 heterocycles. The zero-order chi connectivity index (χ0) is 22.9. The van der Waals surface area contributed by atoms with Gasteiger partial charge in [0.2, 0.25) is 0 Å². The largest absolute Gasteiger partial charge is 0.480 e. The first-order valence-electron chi connectivity index (χ1n) is 8.80. The smallest absolute Gasteiger partial charge is 0.422 e. The molecule has 0 aliphatic rings. The van der Waals surface area contributed by atoms with Crippen molar-refractivity contribution in [1.29, 1.82) is 0 Å². The van der Waals surface area contributed by atoms with Crippen LogP contribution in [0.4, 0.5) is 26.3 Å². The fraction of sp³-hybridized carbons (Fsp3) is 0.556. The lowest BCUT2D eigenvalue weighted by atomic mass is 10.1. The molecule has 1 rings (SSSR count). The highest BCUT2D eigenvalue weighted by molar-refractivity contribution is 5.78. The highest BCUT2D eigenvalue weighted by Crippen LogP contribution is 2.30. The minimum atomic E-state index is -4.70. The van der Waals surface area contributed by atoms with Gasteiger partial charge in [-0.05, 0) is 31.5 Å². The molecule has 170 valence electrons. The second-order valence-electron chi connectivity index (χ2n) is 5.99. The Balaban J connectivity index is 2.91. The summed E-state index contributed by atoms with van der Waals surface area (Å²) in [6, 6.07) is 3.41. The third-order valence-electron chi connectivity index (χ3n) is 3.61. The van der Waals surface area contributed by atoms with E-state index < -0.39 is 56.2 Å². The number of alkyl halides is 6. The van der Waals surface area contributed by atoms with Crippen LogP contribution in [0.25, 0.3) is 0 Å². The molecule has 0 atom stereocenters. The van der Waals surface area contributed by atoms with Crippen molar-refractivity contribution in [3.05, 3.63) is 23.8 Å². The van der Waals surface area contributed by atoms with Gasteiger partial charge in [0.25, 0.3) is 5.91 Å². The molecule has 1 aromatic carbocycles. The summed E-state index contributed by atoms with van der Waals surface area (Å²) in [6.07, 6.45) is -10.0. The zero-order valence-corrected chi connectivity index (χ0v) is 16.2. The molecule has 1 aromatic rings. The fourth-order valence-electron chi connectivity index (χ4n) is 2.24. The van der Waals surface area contributed by atoms with Crippen LogP contribution in [0.15, 0.2) is 18.2 Å². The Morgan fingerprint density at radius 3 is 2.03 bits per heavy atom. The van der Waals surface area contributed by atoms with Gasteiger partial charge >= 0.3 is 18.3 Å². The Morgan fingerprint density at radius 2 is 1.50 bits per heavy atom. The standard InChI is InChI=1S/C18H21F6NO5/c1-3-25(4-2)15(26)9-28-13-6-5-12(7-14(13)29-10-17(19,20)21)8-16(27)30-11-18(22,23)24/h5-7H,3-4,8-11H2,1-2H3. The molecular formula is C18H21F6NO5. The average molecular weight is 445 g/mol. The van der Waals surface area contributed by atoms with E-state index in [0.717, 1.165) is 12.1 Å². The van der Waals surface area contributed by atoms with Crippen LogP contribution in [0.2, 0.25) is 0 Å². The van der Waals surface area contributed by atoms with E-state index in [0.29, 0.717) is 13.1 Å². The van der Waals surface area contributed by atoms with Crippen LogP contribution in [0, 0.1) is 0 Å². The van der Waals surface area contributed by atoms with Crippen LogP contribution in [0.3, 0.4) is 0 Å². The van der Waals surface area contributed by atoms with Crippen LogP contribution in [-0.4, -0.2) is 62.0 Å². The summed E-state index contributed by atoms with van der Waals surface area (Å²) in [7, 11) is 0. The number of esters is 1. The predicted molar refractivity (Wildman–Crippen MR) is 92.1 cm³/mol. The van der Waals surface area contributed by atoms with Gasteiger partial charge in [0, 0.05) is 13.1 Å². The van der Waals surface area contributed by atoms with Crippen molar-refractivity contribution in [3.8, 4) is 11.5 Å². The molecule has 30 heavy (non-hydrogen) atoms. The Hall–Kier alpha value is -2.66. The summed E-state index contributed by atoms with van der Waals surface area (Å²) < 4.78 is 87.8. The molecule has 0 N–H and O–H groups in total. The second kappa shape index (κ2) is 10.9. The number of halogens is 6. The van der Waals surface area contributed by atoms with Gasteiger partial charge in [-0.1, -0.05) is 6.07 Å². The molecule has 0 unspecified atom stereocenters. The third kappa shape index (κ3) is 9.70. The summed E-state index contributed by atoms with van der Waals surface area (Å²) in [4.78, 5) is 24.9. The number of carbonyl (C=O) groups is 2. The van der Waals surface area contributed by atoms with Crippen LogP contribution in [0.1, 0.15) is 19.4 Å². The lowest BCUT2D eigenvalue weighted by Gasteiger charge is -2.20. The maximum Gasteiger partial charge on any atom is 0.422 e. The van der Waals surface area contributed by atoms with Crippen molar-refractivity contribution in [2.45, 2.75) is 32.6 Å². The number of ether oxygens (including phenoxy) is 3. The van der Waals surface area contributed by atoms with Gasteiger partial charge < -0.3 is 19.1 Å². The molecule has 0 fully saturated rings. The van der Waals surface area contributed by atoms with Gasteiger partial charge in [0.15, 0.2) is 31.3 Å². The number of rotatable bonds is 10. The summed E-state index contributed by atoms with van der Waals surface area (Å²) in [5, 5.41) is 0. The van der Waals surface area contributed by atoms with Crippen LogP contribution in [0.5, 0.6) is 11.5 Å². The highest BCUT2D eigenvalue weighted by Gasteiger charge is 2.30. The van der Waals surface area contributed by atoms with Crippen molar-refractivity contribution in [2.24, 2.45) is 0 Å². The van der Waals surface area contributed by atoms with Gasteiger partial charge in [0.05, 0.1) is 6.42 Å². The maximum absolute atomic E-state index is 12.5. The SMILES string of the molecule is CCN(CC)C(=O)COc1ccc(CC(=O)OCC(F)(F)F)cc1OCC(F)(F)F. The Morgan fingerprint density at radius 1 is 0.900 bits per heavy atom. The number of amides is 1. The summed E-state index contributed by atoms with van der Waals surface area (Å²) >= 11 is 0. The molecule has 0 aliphatic carbocycles. The first kappa shape index (κ1) is 25.4. The zero-order valence-electron chi connectivity index (χ0n) is 16.2. The minimum Gasteiger partial charge on any atom is -0.480 e. The maximum atomic E-state index is 12.5. The van der Waals surface area contributed by atoms with E-state index >= 15 is 0 Å². The lowest BCUT2D eigenvalue weighted by molar-refractivity contribution is -0.185. The topological polar surface area (TPSA) is 65.1 Å². The summed E-state index contributed by atoms with van der Waals surface area (Å²) in [5.41, 5.74) is 0.0433. The second-order valence-corrected chi connectivity index (χ2v) is 5.99. The summed E-state index contributed by atoms with van der Waals surface area (Å²) in [5.74, 6) is -2.23. The van der Waals surface area contributed by atoms with E-state index in [9.17, 15) is 35.9 Å². The number of nitrogens with zero attached hydrogens (tertiary/aromatic N) is 1. The van der Waals surface area contributed by atoms with Gasteiger partial charge in [-0.2, -0.15) is 26.3 Å². The molecule has 0 radical (unpaired) electrons. The number of hydrogen-bond acceptors (Lipinski definition) is 5. The molecule has 0 aliphatic heterocycles. The van der Waals surface area contributed by atoms with Crippen LogP contribution >= 0.6 is 0 Å². The van der Waals surface area contributed by atoms with Gasteiger partial charge in [-0.3, -0.25) is 9.59 Å². The number of likely N-dealkylation sites (N-methyl/N-ethyl adjacent to an activating group) is 1. The van der Waals surface area contributed by atoms with Gasteiger partial charge in [0.1, 0.15) is 0 Å². The van der Waals surface area contributed by atoms with Crippen molar-refractivity contribution in [2.75, 3.05) is 32.9 Å². The molecule has 0 saturated heterocycles. The van der Waals surface area contributed by atoms with Crippen LogP contribution < -0.4 is 9.47 Å². The highest BCUT2D eigenvalue weighted by atomic mass is 19.4. The van der Waals surface area contributed by atoms with Crippen molar-refractivity contribution >= 4 is 11.9 Å². The Bertz CT molecular complexity index is 716. The molecule has 0 aromatic heterocycles. The predicted octanol–water partition coefficient (Wildman–Crippen LogP) is 3.52. The quantitative estimate of drug-likeness (QED) is 0.407. The molecule has 0 bridgehead atoms. The first-order valence-corrected chi connectivity index (χ1v) is 8.80. The Kier molecular flexibility index (Phi) is 9.24.